The molecule has 2 N–H and O–H groups in total. The molecule has 0 fully saturated rings. The van der Waals surface area contributed by atoms with Crippen molar-refractivity contribution in [2.45, 2.75) is 13.5 Å². The van der Waals surface area contributed by atoms with E-state index in [0.717, 1.165) is 16.6 Å². The molecule has 2 heterocycles. The molecule has 0 atom stereocenters. The van der Waals surface area contributed by atoms with Gasteiger partial charge in [-0.15, -0.1) is 0 Å². The SMILES string of the molecule is Cc1ccc2cccc(Oc3cncc(CN)n3)c2n1. The first-order valence-electron chi connectivity index (χ1n) is 6.31. The van der Waals surface area contributed by atoms with Crippen molar-refractivity contribution in [3.8, 4) is 11.6 Å². The van der Waals surface area contributed by atoms with Crippen LogP contribution in [0.1, 0.15) is 11.4 Å². The third kappa shape index (κ3) is 2.44. The van der Waals surface area contributed by atoms with Gasteiger partial charge in [0.1, 0.15) is 5.52 Å². The van der Waals surface area contributed by atoms with Gasteiger partial charge in [-0.3, -0.25) is 4.98 Å². The largest absolute Gasteiger partial charge is 0.435 e. The van der Waals surface area contributed by atoms with E-state index in [1.807, 2.05) is 37.3 Å². The fraction of sp³-hybridized carbons (Fsp3) is 0.133. The van der Waals surface area contributed by atoms with E-state index in [1.165, 1.54) is 0 Å². The van der Waals surface area contributed by atoms with Gasteiger partial charge >= 0.3 is 0 Å². The lowest BCUT2D eigenvalue weighted by molar-refractivity contribution is 0.461. The molecule has 0 spiro atoms. The second kappa shape index (κ2) is 5.22. The topological polar surface area (TPSA) is 73.9 Å². The minimum Gasteiger partial charge on any atom is -0.435 e. The number of aromatic nitrogens is 3. The molecule has 0 saturated carbocycles. The summed E-state index contributed by atoms with van der Waals surface area (Å²) >= 11 is 0. The first-order chi connectivity index (χ1) is 9.76. The number of nitrogens with two attached hydrogens (primary N) is 1. The number of hydrogen-bond donors (Lipinski definition) is 1. The van der Waals surface area contributed by atoms with Crippen LogP contribution in [0.3, 0.4) is 0 Å². The van der Waals surface area contributed by atoms with Crippen LogP contribution in [0.25, 0.3) is 10.9 Å². The highest BCUT2D eigenvalue weighted by Gasteiger charge is 2.06. The molecule has 5 nitrogen and oxygen atoms in total. The van der Waals surface area contributed by atoms with Crippen LogP contribution in [0.2, 0.25) is 0 Å². The molecular weight excluding hydrogens is 252 g/mol. The second-order valence-electron chi connectivity index (χ2n) is 4.44. The van der Waals surface area contributed by atoms with Crippen LogP contribution in [0, 0.1) is 6.92 Å². The van der Waals surface area contributed by atoms with Gasteiger partial charge in [0.15, 0.2) is 5.75 Å². The van der Waals surface area contributed by atoms with Crippen LogP contribution in [-0.4, -0.2) is 15.0 Å². The van der Waals surface area contributed by atoms with E-state index in [4.69, 9.17) is 10.5 Å². The van der Waals surface area contributed by atoms with Crippen molar-refractivity contribution < 1.29 is 4.74 Å². The van der Waals surface area contributed by atoms with Crippen molar-refractivity contribution in [1.29, 1.82) is 0 Å². The highest BCUT2D eigenvalue weighted by atomic mass is 16.5. The van der Waals surface area contributed by atoms with Crippen LogP contribution in [0.4, 0.5) is 0 Å². The maximum absolute atomic E-state index is 5.80. The molecule has 1 aromatic carbocycles. The molecule has 5 heteroatoms. The maximum Gasteiger partial charge on any atom is 0.238 e. The molecule has 0 unspecified atom stereocenters. The molecule has 100 valence electrons. The van der Waals surface area contributed by atoms with Crippen LogP contribution in [-0.2, 0) is 6.54 Å². The first kappa shape index (κ1) is 12.5. The summed E-state index contributed by atoms with van der Waals surface area (Å²) in [4.78, 5) is 12.9. The number of para-hydroxylation sites is 1. The van der Waals surface area contributed by atoms with Crippen LogP contribution in [0.15, 0.2) is 42.7 Å². The normalized spacial score (nSPS) is 10.7. The Hall–Kier alpha value is -2.53. The van der Waals surface area contributed by atoms with Gasteiger partial charge in [0, 0.05) is 23.8 Å². The lowest BCUT2D eigenvalue weighted by Gasteiger charge is -2.08. The minimum atomic E-state index is 0.330. The Morgan fingerprint density at radius 3 is 2.85 bits per heavy atom. The van der Waals surface area contributed by atoms with Gasteiger partial charge in [0.05, 0.1) is 11.9 Å². The summed E-state index contributed by atoms with van der Waals surface area (Å²) in [6.45, 7) is 2.28. The van der Waals surface area contributed by atoms with Crippen LogP contribution in [0.5, 0.6) is 11.6 Å². The Morgan fingerprint density at radius 1 is 1.10 bits per heavy atom. The Kier molecular flexibility index (Phi) is 3.26. The molecule has 0 saturated heterocycles. The van der Waals surface area contributed by atoms with Gasteiger partial charge in [0.2, 0.25) is 5.88 Å². The smallest absolute Gasteiger partial charge is 0.238 e. The average Bonchev–Trinajstić information content (AvgIpc) is 2.48. The van der Waals surface area contributed by atoms with E-state index in [2.05, 4.69) is 15.0 Å². The van der Waals surface area contributed by atoms with Crippen LogP contribution >= 0.6 is 0 Å². The summed E-state index contributed by atoms with van der Waals surface area (Å²) in [6.07, 6.45) is 3.19. The van der Waals surface area contributed by atoms with Crippen molar-refractivity contribution in [2.24, 2.45) is 5.73 Å². The maximum atomic E-state index is 5.80. The predicted octanol–water partition coefficient (Wildman–Crippen LogP) is 2.58. The molecule has 2 aromatic heterocycles. The van der Waals surface area contributed by atoms with E-state index < -0.39 is 0 Å². The zero-order valence-corrected chi connectivity index (χ0v) is 11.1. The average molecular weight is 266 g/mol. The molecule has 0 aliphatic rings. The number of ether oxygens (including phenoxy) is 1. The number of pyridine rings is 1. The molecule has 0 radical (unpaired) electrons. The third-order valence-corrected chi connectivity index (χ3v) is 2.91. The number of benzene rings is 1. The molecule has 3 aromatic rings. The van der Waals surface area contributed by atoms with Crippen LogP contribution < -0.4 is 10.5 Å². The van der Waals surface area contributed by atoms with E-state index >= 15 is 0 Å². The van der Waals surface area contributed by atoms with Crippen molar-refractivity contribution in [1.82, 2.24) is 15.0 Å². The molecule has 20 heavy (non-hydrogen) atoms. The van der Waals surface area contributed by atoms with E-state index in [-0.39, 0.29) is 0 Å². The van der Waals surface area contributed by atoms with E-state index in [9.17, 15) is 0 Å². The standard InChI is InChI=1S/C15H14N4O/c1-10-5-6-11-3-2-4-13(15(11)18-10)20-14-9-17-8-12(7-16)19-14/h2-6,8-9H,7,16H2,1H3. The van der Waals surface area contributed by atoms with Crippen molar-refractivity contribution in [2.75, 3.05) is 0 Å². The Bertz CT molecular complexity index is 758. The Balaban J connectivity index is 2.03. The fourth-order valence-electron chi connectivity index (χ4n) is 1.95. The fourth-order valence-corrected chi connectivity index (χ4v) is 1.95. The predicted molar refractivity (Wildman–Crippen MR) is 76.5 cm³/mol. The lowest BCUT2D eigenvalue weighted by atomic mass is 10.2. The highest BCUT2D eigenvalue weighted by Crippen LogP contribution is 2.27. The molecular formula is C15H14N4O. The number of hydrogen-bond acceptors (Lipinski definition) is 5. The van der Waals surface area contributed by atoms with E-state index in [0.29, 0.717) is 23.9 Å². The third-order valence-electron chi connectivity index (χ3n) is 2.91. The highest BCUT2D eigenvalue weighted by molar-refractivity contribution is 5.84. The summed E-state index contributed by atoms with van der Waals surface area (Å²) in [7, 11) is 0. The monoisotopic (exact) mass is 266 g/mol. The zero-order chi connectivity index (χ0) is 13.9. The lowest BCUT2D eigenvalue weighted by Crippen LogP contribution is -2.01. The van der Waals surface area contributed by atoms with Gasteiger partial charge in [-0.2, -0.15) is 0 Å². The Morgan fingerprint density at radius 2 is 2.00 bits per heavy atom. The summed E-state index contributed by atoms with van der Waals surface area (Å²) < 4.78 is 5.80. The minimum absolute atomic E-state index is 0.330. The first-order valence-corrected chi connectivity index (χ1v) is 6.31. The van der Waals surface area contributed by atoms with Gasteiger partial charge in [-0.05, 0) is 19.1 Å². The number of fused-ring (bicyclic) bond motifs is 1. The van der Waals surface area contributed by atoms with Crippen molar-refractivity contribution in [3.63, 3.8) is 0 Å². The zero-order valence-electron chi connectivity index (χ0n) is 11.1. The van der Waals surface area contributed by atoms with Crippen molar-refractivity contribution in [3.05, 3.63) is 54.1 Å². The summed E-state index contributed by atoms with van der Waals surface area (Å²) in [6, 6.07) is 9.78. The van der Waals surface area contributed by atoms with Gasteiger partial charge in [0.25, 0.3) is 0 Å². The van der Waals surface area contributed by atoms with Gasteiger partial charge in [-0.1, -0.05) is 18.2 Å². The number of nitrogens with zero attached hydrogens (tertiary/aromatic N) is 3. The number of aryl methyl sites for hydroxylation is 1. The molecule has 0 aliphatic carbocycles. The summed E-state index contributed by atoms with van der Waals surface area (Å²) in [5.74, 6) is 1.08. The summed E-state index contributed by atoms with van der Waals surface area (Å²) in [5.41, 5.74) is 7.99. The molecule has 3 rings (SSSR count). The molecule has 0 amide bonds. The van der Waals surface area contributed by atoms with Gasteiger partial charge in [-0.25, -0.2) is 9.97 Å². The Labute approximate surface area is 116 Å². The van der Waals surface area contributed by atoms with Gasteiger partial charge < -0.3 is 10.5 Å². The molecule has 0 aliphatic heterocycles. The van der Waals surface area contributed by atoms with Crippen molar-refractivity contribution >= 4 is 10.9 Å². The quantitative estimate of drug-likeness (QED) is 0.788. The number of rotatable bonds is 3. The van der Waals surface area contributed by atoms with E-state index in [1.54, 1.807) is 12.4 Å². The molecule has 0 bridgehead atoms. The second-order valence-corrected chi connectivity index (χ2v) is 4.44. The summed E-state index contributed by atoms with van der Waals surface area (Å²) in [5, 5.41) is 1.02.